The first-order valence-electron chi connectivity index (χ1n) is 7.80. The third-order valence-corrected chi connectivity index (χ3v) is 4.25. The van der Waals surface area contributed by atoms with Crippen molar-refractivity contribution in [3.05, 3.63) is 23.8 Å². The van der Waals surface area contributed by atoms with Gasteiger partial charge >= 0.3 is 0 Å². The zero-order chi connectivity index (χ0) is 15.5. The van der Waals surface area contributed by atoms with E-state index in [2.05, 4.69) is 16.0 Å². The number of fused-ring (bicyclic) bond motifs is 1. The highest BCUT2D eigenvalue weighted by Gasteiger charge is 2.20. The minimum atomic E-state index is -0.0855. The Hall–Kier alpha value is -1.50. The van der Waals surface area contributed by atoms with Gasteiger partial charge in [0.15, 0.2) is 0 Å². The van der Waals surface area contributed by atoms with Gasteiger partial charge < -0.3 is 20.9 Å². The molecule has 1 unspecified atom stereocenters. The van der Waals surface area contributed by atoms with Gasteiger partial charge in [-0.3, -0.25) is 9.59 Å². The molecular formula is C16H24Cl2N4O2. The molecule has 3 N–H and O–H groups in total. The van der Waals surface area contributed by atoms with Crippen LogP contribution in [0.15, 0.2) is 18.2 Å². The quantitative estimate of drug-likeness (QED) is 0.737. The maximum absolute atomic E-state index is 12.4. The summed E-state index contributed by atoms with van der Waals surface area (Å²) in [5, 5.41) is 9.21. The molecule has 1 aromatic rings. The average Bonchev–Trinajstić information content (AvgIpc) is 2.67. The lowest BCUT2D eigenvalue weighted by molar-refractivity contribution is -0.115. The van der Waals surface area contributed by atoms with Crippen molar-refractivity contribution < 1.29 is 9.59 Å². The fraction of sp³-hybridized carbons (Fsp3) is 0.500. The summed E-state index contributed by atoms with van der Waals surface area (Å²) in [6.45, 7) is 2.51. The molecule has 0 bridgehead atoms. The van der Waals surface area contributed by atoms with Crippen LogP contribution in [0.1, 0.15) is 29.6 Å². The number of anilines is 2. The smallest absolute Gasteiger partial charge is 0.251 e. The van der Waals surface area contributed by atoms with Crippen LogP contribution in [0.4, 0.5) is 11.4 Å². The number of hydrogen-bond acceptors (Lipinski definition) is 4. The predicted molar refractivity (Wildman–Crippen MR) is 101 cm³/mol. The molecule has 134 valence electrons. The van der Waals surface area contributed by atoms with Crippen LogP contribution in [-0.4, -0.2) is 44.5 Å². The number of benzene rings is 1. The van der Waals surface area contributed by atoms with Crippen molar-refractivity contribution in [3.63, 3.8) is 0 Å². The Labute approximate surface area is 154 Å². The van der Waals surface area contributed by atoms with Gasteiger partial charge in [0.05, 0.1) is 11.4 Å². The molecule has 8 heteroatoms. The van der Waals surface area contributed by atoms with E-state index in [9.17, 15) is 9.59 Å². The standard InChI is InChI=1S/C16H22N4O2.2ClH/c1-20-8-6-15(21)19-13-9-11(4-5-14(13)20)16(22)18-12-3-2-7-17-10-12;;/h4-5,9,12,17H,2-3,6-8,10H2,1H3,(H,18,22)(H,19,21);2*1H. The molecule has 0 saturated carbocycles. The van der Waals surface area contributed by atoms with Crippen LogP contribution in [0.5, 0.6) is 0 Å². The SMILES string of the molecule is CN1CCC(=O)Nc2cc(C(=O)NC3CCCNC3)ccc21.Cl.Cl. The largest absolute Gasteiger partial charge is 0.372 e. The summed E-state index contributed by atoms with van der Waals surface area (Å²) in [5.74, 6) is -0.0997. The van der Waals surface area contributed by atoms with Crippen LogP contribution in [0.2, 0.25) is 0 Å². The third kappa shape index (κ3) is 4.75. The fourth-order valence-electron chi connectivity index (χ4n) is 2.96. The number of piperidine rings is 1. The molecule has 1 atom stereocenters. The van der Waals surface area contributed by atoms with Gasteiger partial charge in [-0.1, -0.05) is 0 Å². The van der Waals surface area contributed by atoms with Crippen molar-refractivity contribution in [2.24, 2.45) is 0 Å². The lowest BCUT2D eigenvalue weighted by atomic mass is 10.1. The van der Waals surface area contributed by atoms with Crippen LogP contribution in [0.3, 0.4) is 0 Å². The van der Waals surface area contributed by atoms with E-state index in [0.717, 1.165) is 31.6 Å². The summed E-state index contributed by atoms with van der Waals surface area (Å²) in [6.07, 6.45) is 2.54. The molecule has 2 heterocycles. The zero-order valence-electron chi connectivity index (χ0n) is 13.6. The molecule has 0 spiro atoms. The van der Waals surface area contributed by atoms with Crippen molar-refractivity contribution >= 4 is 48.0 Å². The monoisotopic (exact) mass is 374 g/mol. The molecule has 1 aromatic carbocycles. The molecule has 2 amide bonds. The van der Waals surface area contributed by atoms with Crippen molar-refractivity contribution in [3.8, 4) is 0 Å². The Bertz CT molecular complexity index is 591. The van der Waals surface area contributed by atoms with E-state index in [4.69, 9.17) is 0 Å². The lowest BCUT2D eigenvalue weighted by Crippen LogP contribution is -2.45. The predicted octanol–water partition coefficient (Wildman–Crippen LogP) is 1.79. The van der Waals surface area contributed by atoms with Gasteiger partial charge in [0.25, 0.3) is 5.91 Å². The van der Waals surface area contributed by atoms with Gasteiger partial charge in [-0.15, -0.1) is 24.8 Å². The number of amides is 2. The first-order chi connectivity index (χ1) is 10.6. The number of rotatable bonds is 2. The second-order valence-corrected chi connectivity index (χ2v) is 5.97. The Morgan fingerprint density at radius 3 is 2.83 bits per heavy atom. The number of carbonyl (C=O) groups excluding carboxylic acids is 2. The molecule has 0 aliphatic carbocycles. The molecular weight excluding hydrogens is 351 g/mol. The minimum Gasteiger partial charge on any atom is -0.372 e. The third-order valence-electron chi connectivity index (χ3n) is 4.25. The Balaban J connectivity index is 0.00000144. The van der Waals surface area contributed by atoms with E-state index in [0.29, 0.717) is 24.2 Å². The summed E-state index contributed by atoms with van der Waals surface area (Å²) in [7, 11) is 1.95. The van der Waals surface area contributed by atoms with Crippen LogP contribution < -0.4 is 20.9 Å². The van der Waals surface area contributed by atoms with E-state index in [1.165, 1.54) is 0 Å². The molecule has 24 heavy (non-hydrogen) atoms. The summed E-state index contributed by atoms with van der Waals surface area (Å²) in [6, 6.07) is 5.66. The van der Waals surface area contributed by atoms with Crippen molar-refractivity contribution in [2.45, 2.75) is 25.3 Å². The molecule has 1 saturated heterocycles. The van der Waals surface area contributed by atoms with Crippen molar-refractivity contribution in [1.82, 2.24) is 10.6 Å². The Morgan fingerprint density at radius 2 is 2.12 bits per heavy atom. The highest BCUT2D eigenvalue weighted by molar-refractivity contribution is 6.01. The van der Waals surface area contributed by atoms with Gasteiger partial charge in [-0.2, -0.15) is 0 Å². The summed E-state index contributed by atoms with van der Waals surface area (Å²) in [5.41, 5.74) is 2.24. The fourth-order valence-corrected chi connectivity index (χ4v) is 2.96. The second-order valence-electron chi connectivity index (χ2n) is 5.97. The van der Waals surface area contributed by atoms with Gasteiger partial charge in [-0.25, -0.2) is 0 Å². The topological polar surface area (TPSA) is 73.5 Å². The highest BCUT2D eigenvalue weighted by Crippen LogP contribution is 2.28. The minimum absolute atomic E-state index is 0. The highest BCUT2D eigenvalue weighted by atomic mass is 35.5. The molecule has 2 aliphatic heterocycles. The molecule has 0 radical (unpaired) electrons. The Morgan fingerprint density at radius 1 is 1.33 bits per heavy atom. The van der Waals surface area contributed by atoms with E-state index < -0.39 is 0 Å². The maximum Gasteiger partial charge on any atom is 0.251 e. The first-order valence-corrected chi connectivity index (χ1v) is 7.80. The summed E-state index contributed by atoms with van der Waals surface area (Å²) < 4.78 is 0. The van der Waals surface area contributed by atoms with Crippen LogP contribution >= 0.6 is 24.8 Å². The van der Waals surface area contributed by atoms with E-state index in [1.54, 1.807) is 6.07 Å². The molecule has 3 rings (SSSR count). The molecule has 2 aliphatic rings. The summed E-state index contributed by atoms with van der Waals surface area (Å²) >= 11 is 0. The zero-order valence-corrected chi connectivity index (χ0v) is 15.3. The van der Waals surface area contributed by atoms with Crippen LogP contribution in [-0.2, 0) is 4.79 Å². The van der Waals surface area contributed by atoms with Gasteiger partial charge in [0.1, 0.15) is 0 Å². The van der Waals surface area contributed by atoms with E-state index in [-0.39, 0.29) is 42.7 Å². The van der Waals surface area contributed by atoms with Gasteiger partial charge in [0.2, 0.25) is 5.91 Å². The van der Waals surface area contributed by atoms with Crippen LogP contribution in [0, 0.1) is 0 Å². The number of nitrogens with zero attached hydrogens (tertiary/aromatic N) is 1. The van der Waals surface area contributed by atoms with E-state index >= 15 is 0 Å². The number of hydrogen-bond donors (Lipinski definition) is 3. The van der Waals surface area contributed by atoms with Crippen LogP contribution in [0.25, 0.3) is 0 Å². The number of nitrogens with one attached hydrogen (secondary N) is 3. The number of halogens is 2. The van der Waals surface area contributed by atoms with E-state index in [1.807, 2.05) is 24.1 Å². The normalized spacial score (nSPS) is 19.8. The molecule has 6 nitrogen and oxygen atoms in total. The first kappa shape index (κ1) is 20.5. The molecule has 1 fully saturated rings. The maximum atomic E-state index is 12.4. The van der Waals surface area contributed by atoms with Crippen molar-refractivity contribution in [1.29, 1.82) is 0 Å². The average molecular weight is 375 g/mol. The number of carbonyl (C=O) groups is 2. The summed E-state index contributed by atoms with van der Waals surface area (Å²) in [4.78, 5) is 26.2. The molecule has 0 aromatic heterocycles. The Kier molecular flexibility index (Phi) is 7.79. The van der Waals surface area contributed by atoms with Gasteiger partial charge in [0, 0.05) is 38.2 Å². The second kappa shape index (κ2) is 9.11. The van der Waals surface area contributed by atoms with Gasteiger partial charge in [-0.05, 0) is 37.6 Å². The lowest BCUT2D eigenvalue weighted by Gasteiger charge is -2.24. The van der Waals surface area contributed by atoms with Crippen molar-refractivity contribution in [2.75, 3.05) is 36.9 Å².